The molecule has 2 atom stereocenters. The monoisotopic (exact) mass is 262 g/mol. The van der Waals surface area contributed by atoms with E-state index < -0.39 is 9.84 Å². The van der Waals surface area contributed by atoms with E-state index in [4.69, 9.17) is 10.5 Å². The first-order chi connectivity index (χ1) is 7.81. The summed E-state index contributed by atoms with van der Waals surface area (Å²) in [6.07, 6.45) is 0.762. The lowest BCUT2D eigenvalue weighted by Gasteiger charge is -2.44. The van der Waals surface area contributed by atoms with Crippen molar-refractivity contribution < 1.29 is 13.2 Å². The second kappa shape index (κ2) is 4.50. The zero-order valence-electron chi connectivity index (χ0n) is 10.6. The summed E-state index contributed by atoms with van der Waals surface area (Å²) in [7, 11) is -2.82. The summed E-state index contributed by atoms with van der Waals surface area (Å²) in [4.78, 5) is 2.24. The molecule has 0 spiro atoms. The van der Waals surface area contributed by atoms with Gasteiger partial charge in [-0.15, -0.1) is 0 Å². The SMILES string of the molecule is CC1(C)CN(C2CCS(=O)(=O)C2)CC(CN)O1. The van der Waals surface area contributed by atoms with E-state index in [0.29, 0.717) is 18.1 Å². The number of hydrogen-bond acceptors (Lipinski definition) is 5. The lowest BCUT2D eigenvalue weighted by molar-refractivity contribution is -0.138. The quantitative estimate of drug-likeness (QED) is 0.734. The van der Waals surface area contributed by atoms with Crippen LogP contribution in [0.5, 0.6) is 0 Å². The van der Waals surface area contributed by atoms with Crippen LogP contribution in [0.15, 0.2) is 0 Å². The van der Waals surface area contributed by atoms with Crippen molar-refractivity contribution in [2.75, 3.05) is 31.1 Å². The van der Waals surface area contributed by atoms with Gasteiger partial charge in [-0.1, -0.05) is 0 Å². The van der Waals surface area contributed by atoms with Crippen molar-refractivity contribution in [1.29, 1.82) is 0 Å². The van der Waals surface area contributed by atoms with E-state index in [-0.39, 0.29) is 17.7 Å². The molecule has 0 saturated carbocycles. The van der Waals surface area contributed by atoms with Gasteiger partial charge in [0.2, 0.25) is 0 Å². The van der Waals surface area contributed by atoms with Gasteiger partial charge in [0.15, 0.2) is 9.84 Å². The molecule has 0 aliphatic carbocycles. The highest BCUT2D eigenvalue weighted by molar-refractivity contribution is 7.91. The molecule has 6 heteroatoms. The second-order valence-electron chi connectivity index (χ2n) is 5.72. The second-order valence-corrected chi connectivity index (χ2v) is 7.95. The summed E-state index contributed by atoms with van der Waals surface area (Å²) in [5.41, 5.74) is 5.43. The number of morpholine rings is 1. The topological polar surface area (TPSA) is 72.6 Å². The minimum atomic E-state index is -2.82. The Hall–Kier alpha value is -0.170. The molecular weight excluding hydrogens is 240 g/mol. The molecule has 0 aromatic carbocycles. The van der Waals surface area contributed by atoms with Gasteiger partial charge in [0.1, 0.15) is 0 Å². The van der Waals surface area contributed by atoms with E-state index in [2.05, 4.69) is 4.90 Å². The Labute approximate surface area is 103 Å². The maximum absolute atomic E-state index is 11.5. The number of nitrogens with two attached hydrogens (primary N) is 1. The molecule has 2 rings (SSSR count). The zero-order valence-corrected chi connectivity index (χ0v) is 11.4. The number of sulfone groups is 1. The normalized spacial score (nSPS) is 37.1. The number of rotatable bonds is 2. The van der Waals surface area contributed by atoms with Gasteiger partial charge in [0, 0.05) is 25.7 Å². The first-order valence-electron chi connectivity index (χ1n) is 6.14. The third kappa shape index (κ3) is 3.19. The highest BCUT2D eigenvalue weighted by atomic mass is 32.2. The van der Waals surface area contributed by atoms with Crippen LogP contribution in [0.3, 0.4) is 0 Å². The summed E-state index contributed by atoms with van der Waals surface area (Å²) >= 11 is 0. The number of nitrogens with zero attached hydrogens (tertiary/aromatic N) is 1. The summed E-state index contributed by atoms with van der Waals surface area (Å²) in [6.45, 7) is 6.08. The maximum Gasteiger partial charge on any atom is 0.151 e. The molecule has 2 aliphatic rings. The van der Waals surface area contributed by atoms with Crippen molar-refractivity contribution >= 4 is 9.84 Å². The Kier molecular flexibility index (Phi) is 3.51. The van der Waals surface area contributed by atoms with Crippen LogP contribution in [-0.2, 0) is 14.6 Å². The van der Waals surface area contributed by atoms with Crippen LogP contribution in [-0.4, -0.2) is 62.2 Å². The molecule has 0 amide bonds. The molecule has 5 nitrogen and oxygen atoms in total. The highest BCUT2D eigenvalue weighted by Crippen LogP contribution is 2.26. The van der Waals surface area contributed by atoms with Crippen LogP contribution in [0.25, 0.3) is 0 Å². The van der Waals surface area contributed by atoms with E-state index in [0.717, 1.165) is 19.5 Å². The molecule has 2 saturated heterocycles. The van der Waals surface area contributed by atoms with Crippen molar-refractivity contribution in [3.63, 3.8) is 0 Å². The minimum Gasteiger partial charge on any atom is -0.368 e. The Balaban J connectivity index is 2.06. The van der Waals surface area contributed by atoms with Gasteiger partial charge < -0.3 is 10.5 Å². The first-order valence-corrected chi connectivity index (χ1v) is 7.96. The van der Waals surface area contributed by atoms with E-state index >= 15 is 0 Å². The fraction of sp³-hybridized carbons (Fsp3) is 1.00. The van der Waals surface area contributed by atoms with Gasteiger partial charge in [0.05, 0.1) is 23.2 Å². The van der Waals surface area contributed by atoms with Crippen LogP contribution < -0.4 is 5.73 Å². The van der Waals surface area contributed by atoms with Gasteiger partial charge in [0.25, 0.3) is 0 Å². The van der Waals surface area contributed by atoms with Crippen LogP contribution in [0.2, 0.25) is 0 Å². The fourth-order valence-corrected chi connectivity index (χ4v) is 4.57. The molecule has 2 aliphatic heterocycles. The Morgan fingerprint density at radius 3 is 2.71 bits per heavy atom. The Bertz CT molecular complexity index is 380. The minimum absolute atomic E-state index is 0.0158. The molecule has 2 fully saturated rings. The lowest BCUT2D eigenvalue weighted by atomic mass is 10.0. The molecule has 0 aromatic rings. The molecule has 2 N–H and O–H groups in total. The average molecular weight is 262 g/mol. The molecule has 0 bridgehead atoms. The highest BCUT2D eigenvalue weighted by Gasteiger charge is 2.39. The van der Waals surface area contributed by atoms with Gasteiger partial charge >= 0.3 is 0 Å². The van der Waals surface area contributed by atoms with Gasteiger partial charge in [-0.2, -0.15) is 0 Å². The molecular formula is C11H22N2O3S. The molecule has 2 heterocycles. The lowest BCUT2D eigenvalue weighted by Crippen LogP contribution is -2.57. The Morgan fingerprint density at radius 1 is 1.47 bits per heavy atom. The summed E-state index contributed by atoms with van der Waals surface area (Å²) in [5, 5.41) is 0. The molecule has 100 valence electrons. The predicted octanol–water partition coefficient (Wildman–Crippen LogP) is -0.388. The largest absolute Gasteiger partial charge is 0.368 e. The maximum atomic E-state index is 11.5. The third-order valence-corrected chi connectivity index (χ3v) is 5.25. The van der Waals surface area contributed by atoms with Gasteiger partial charge in [-0.05, 0) is 20.3 Å². The van der Waals surface area contributed by atoms with E-state index in [9.17, 15) is 8.42 Å². The fourth-order valence-electron chi connectivity index (χ4n) is 2.81. The first kappa shape index (κ1) is 13.3. The number of hydrogen-bond donors (Lipinski definition) is 1. The summed E-state index contributed by atoms with van der Waals surface area (Å²) in [6, 6.07) is 0.150. The van der Waals surface area contributed by atoms with Crippen LogP contribution >= 0.6 is 0 Å². The van der Waals surface area contributed by atoms with Crippen molar-refractivity contribution in [3.8, 4) is 0 Å². The smallest absolute Gasteiger partial charge is 0.151 e. The standard InChI is InChI=1S/C11H22N2O3S/c1-11(2)8-13(6-10(5-12)16-11)9-3-4-17(14,15)7-9/h9-10H,3-8,12H2,1-2H3. The molecule has 0 radical (unpaired) electrons. The van der Waals surface area contributed by atoms with Crippen molar-refractivity contribution in [2.24, 2.45) is 5.73 Å². The predicted molar refractivity (Wildman–Crippen MR) is 66.6 cm³/mol. The van der Waals surface area contributed by atoms with Crippen molar-refractivity contribution in [1.82, 2.24) is 4.90 Å². The Morgan fingerprint density at radius 2 is 2.18 bits per heavy atom. The molecule has 0 aromatic heterocycles. The number of ether oxygens (including phenoxy) is 1. The van der Waals surface area contributed by atoms with Gasteiger partial charge in [-0.3, -0.25) is 4.90 Å². The van der Waals surface area contributed by atoms with Crippen LogP contribution in [0.1, 0.15) is 20.3 Å². The summed E-state index contributed by atoms with van der Waals surface area (Å²) < 4.78 is 28.9. The molecule has 17 heavy (non-hydrogen) atoms. The van der Waals surface area contributed by atoms with Crippen LogP contribution in [0.4, 0.5) is 0 Å². The van der Waals surface area contributed by atoms with E-state index in [1.54, 1.807) is 0 Å². The van der Waals surface area contributed by atoms with E-state index in [1.807, 2.05) is 13.8 Å². The van der Waals surface area contributed by atoms with Crippen molar-refractivity contribution in [3.05, 3.63) is 0 Å². The van der Waals surface area contributed by atoms with E-state index in [1.165, 1.54) is 0 Å². The van der Waals surface area contributed by atoms with Crippen LogP contribution in [0, 0.1) is 0 Å². The zero-order chi connectivity index (χ0) is 12.7. The third-order valence-electron chi connectivity index (χ3n) is 3.50. The summed E-state index contributed by atoms with van der Waals surface area (Å²) in [5.74, 6) is 0.614. The molecule has 2 unspecified atom stereocenters. The average Bonchev–Trinajstić information content (AvgIpc) is 2.56. The van der Waals surface area contributed by atoms with Crippen molar-refractivity contribution in [2.45, 2.75) is 38.0 Å². The van der Waals surface area contributed by atoms with Gasteiger partial charge in [-0.25, -0.2) is 8.42 Å².